The summed E-state index contributed by atoms with van der Waals surface area (Å²) in [6.45, 7) is 10.9. The van der Waals surface area contributed by atoms with Crippen molar-refractivity contribution in [1.82, 2.24) is 0 Å². The van der Waals surface area contributed by atoms with Gasteiger partial charge in [-0.1, -0.05) is 77.1 Å². The van der Waals surface area contributed by atoms with Gasteiger partial charge in [-0.3, -0.25) is 0 Å². The lowest BCUT2D eigenvalue weighted by atomic mass is 9.86. The third-order valence-electron chi connectivity index (χ3n) is 5.10. The van der Waals surface area contributed by atoms with Crippen molar-refractivity contribution in [3.8, 4) is 11.1 Å². The molecule has 0 saturated carbocycles. The van der Waals surface area contributed by atoms with Crippen LogP contribution in [0.1, 0.15) is 57.4 Å². The molecule has 0 aromatic heterocycles. The molecule has 1 unspecified atom stereocenters. The first-order valence-corrected chi connectivity index (χ1v) is 8.78. The fourth-order valence-electron chi connectivity index (χ4n) is 3.70. The Morgan fingerprint density at radius 1 is 1.08 bits per heavy atom. The van der Waals surface area contributed by atoms with Crippen molar-refractivity contribution in [3.05, 3.63) is 59.2 Å². The molecule has 3 heteroatoms. The van der Waals surface area contributed by atoms with Crippen molar-refractivity contribution >= 4 is 6.09 Å². The molecular formula is C22H27NO2. The Bertz CT molecular complexity index is 798. The normalized spacial score (nSPS) is 18.7. The molecule has 3 nitrogen and oxygen atoms in total. The molecule has 1 aliphatic carbocycles. The standard InChI is InChI=1S/C22H27NO2/c1-21(2,3)17-9-6-14(7-10-17)15-8-11-18-16(12-15)13-22(4,5)19(18)25-20(23)24/h6-12,19H,13H2,1-5H3,(H2,23,24). The highest BCUT2D eigenvalue weighted by Gasteiger charge is 2.41. The lowest BCUT2D eigenvalue weighted by molar-refractivity contribution is 0.0392. The average molecular weight is 337 g/mol. The fraction of sp³-hybridized carbons (Fsp3) is 0.409. The van der Waals surface area contributed by atoms with Gasteiger partial charge in [-0.25, -0.2) is 4.79 Å². The van der Waals surface area contributed by atoms with E-state index in [1.807, 2.05) is 0 Å². The first-order chi connectivity index (χ1) is 11.6. The number of benzene rings is 2. The molecule has 0 heterocycles. The van der Waals surface area contributed by atoms with Crippen LogP contribution >= 0.6 is 0 Å². The van der Waals surface area contributed by atoms with E-state index in [0.29, 0.717) is 0 Å². The molecule has 1 amide bonds. The number of carbonyl (C=O) groups is 1. The third kappa shape index (κ3) is 3.41. The van der Waals surface area contributed by atoms with E-state index < -0.39 is 6.09 Å². The van der Waals surface area contributed by atoms with Crippen LogP contribution < -0.4 is 5.73 Å². The minimum Gasteiger partial charge on any atom is -0.441 e. The molecule has 1 aliphatic rings. The van der Waals surface area contributed by atoms with Crippen molar-refractivity contribution in [2.45, 2.75) is 52.6 Å². The van der Waals surface area contributed by atoms with Crippen LogP contribution in [0.2, 0.25) is 0 Å². The van der Waals surface area contributed by atoms with Crippen LogP contribution in [0.4, 0.5) is 4.79 Å². The van der Waals surface area contributed by atoms with Crippen molar-refractivity contribution in [2.75, 3.05) is 0 Å². The molecule has 0 bridgehead atoms. The molecule has 132 valence electrons. The monoisotopic (exact) mass is 337 g/mol. The minimum absolute atomic E-state index is 0.147. The Labute approximate surface area is 150 Å². The summed E-state index contributed by atoms with van der Waals surface area (Å²) < 4.78 is 5.39. The zero-order chi connectivity index (χ0) is 18.4. The Morgan fingerprint density at radius 3 is 2.24 bits per heavy atom. The molecule has 2 N–H and O–H groups in total. The molecule has 0 spiro atoms. The van der Waals surface area contributed by atoms with E-state index in [2.05, 4.69) is 77.1 Å². The number of amides is 1. The first-order valence-electron chi connectivity index (χ1n) is 8.78. The SMILES string of the molecule is CC(C)(C)c1ccc(-c2ccc3c(c2)CC(C)(C)C3OC(N)=O)cc1. The maximum absolute atomic E-state index is 11.3. The summed E-state index contributed by atoms with van der Waals surface area (Å²) in [5.74, 6) is 0. The van der Waals surface area contributed by atoms with Gasteiger partial charge < -0.3 is 10.5 Å². The van der Waals surface area contributed by atoms with E-state index in [1.54, 1.807) is 0 Å². The topological polar surface area (TPSA) is 52.3 Å². The zero-order valence-electron chi connectivity index (χ0n) is 15.7. The van der Waals surface area contributed by atoms with Gasteiger partial charge in [0.2, 0.25) is 0 Å². The maximum atomic E-state index is 11.3. The summed E-state index contributed by atoms with van der Waals surface area (Å²) in [5.41, 5.74) is 11.3. The molecule has 1 atom stereocenters. The van der Waals surface area contributed by atoms with Gasteiger partial charge in [-0.2, -0.15) is 0 Å². The van der Waals surface area contributed by atoms with Crippen LogP contribution in [0.5, 0.6) is 0 Å². The summed E-state index contributed by atoms with van der Waals surface area (Å²) in [6, 6.07) is 15.2. The highest BCUT2D eigenvalue weighted by atomic mass is 16.6. The van der Waals surface area contributed by atoms with E-state index in [-0.39, 0.29) is 16.9 Å². The smallest absolute Gasteiger partial charge is 0.405 e. The largest absolute Gasteiger partial charge is 0.441 e. The van der Waals surface area contributed by atoms with Gasteiger partial charge in [0.1, 0.15) is 6.10 Å². The Balaban J connectivity index is 1.94. The second kappa shape index (κ2) is 5.91. The van der Waals surface area contributed by atoms with E-state index in [0.717, 1.165) is 12.0 Å². The summed E-state index contributed by atoms with van der Waals surface area (Å²) in [6.07, 6.45) is -0.126. The predicted molar refractivity (Wildman–Crippen MR) is 101 cm³/mol. The third-order valence-corrected chi connectivity index (χ3v) is 5.10. The Morgan fingerprint density at radius 2 is 1.68 bits per heavy atom. The zero-order valence-corrected chi connectivity index (χ0v) is 15.7. The highest BCUT2D eigenvalue weighted by Crippen LogP contribution is 2.48. The molecule has 0 saturated heterocycles. The Hall–Kier alpha value is -2.29. The number of primary amides is 1. The number of carbonyl (C=O) groups excluding carboxylic acids is 1. The lowest BCUT2D eigenvalue weighted by Crippen LogP contribution is -2.25. The summed E-state index contributed by atoms with van der Waals surface area (Å²) in [7, 11) is 0. The van der Waals surface area contributed by atoms with Gasteiger partial charge in [-0.05, 0) is 39.7 Å². The summed E-state index contributed by atoms with van der Waals surface area (Å²) in [4.78, 5) is 11.3. The van der Waals surface area contributed by atoms with Crippen LogP contribution in [0, 0.1) is 5.41 Å². The van der Waals surface area contributed by atoms with Crippen molar-refractivity contribution in [1.29, 1.82) is 0 Å². The van der Waals surface area contributed by atoms with Gasteiger partial charge in [0.25, 0.3) is 0 Å². The predicted octanol–water partition coefficient (Wildman–Crippen LogP) is 5.37. The number of fused-ring (bicyclic) bond motifs is 1. The van der Waals surface area contributed by atoms with Crippen LogP contribution in [-0.4, -0.2) is 6.09 Å². The van der Waals surface area contributed by atoms with Gasteiger partial charge in [0.15, 0.2) is 0 Å². The molecule has 2 aromatic rings. The number of hydrogen-bond donors (Lipinski definition) is 1. The van der Waals surface area contributed by atoms with E-state index in [1.165, 1.54) is 22.3 Å². The number of ether oxygens (including phenoxy) is 1. The van der Waals surface area contributed by atoms with Gasteiger partial charge in [0, 0.05) is 5.41 Å². The lowest BCUT2D eigenvalue weighted by Gasteiger charge is -2.26. The minimum atomic E-state index is -0.715. The fourth-order valence-corrected chi connectivity index (χ4v) is 3.70. The molecule has 0 fully saturated rings. The average Bonchev–Trinajstić information content (AvgIpc) is 2.76. The molecule has 0 aliphatic heterocycles. The number of nitrogens with two attached hydrogens (primary N) is 1. The highest BCUT2D eigenvalue weighted by molar-refractivity contribution is 5.68. The maximum Gasteiger partial charge on any atom is 0.405 e. The molecule has 3 rings (SSSR count). The van der Waals surface area contributed by atoms with Gasteiger partial charge >= 0.3 is 6.09 Å². The summed E-state index contributed by atoms with van der Waals surface area (Å²) >= 11 is 0. The van der Waals surface area contributed by atoms with Crippen LogP contribution in [0.3, 0.4) is 0 Å². The second-order valence-corrected chi connectivity index (χ2v) is 8.72. The molecule has 25 heavy (non-hydrogen) atoms. The number of hydrogen-bond acceptors (Lipinski definition) is 2. The van der Waals surface area contributed by atoms with Crippen LogP contribution in [0.25, 0.3) is 11.1 Å². The molecule has 0 radical (unpaired) electrons. The van der Waals surface area contributed by atoms with Gasteiger partial charge in [-0.15, -0.1) is 0 Å². The summed E-state index contributed by atoms with van der Waals surface area (Å²) in [5, 5.41) is 0. The Kier molecular flexibility index (Phi) is 4.14. The van der Waals surface area contributed by atoms with E-state index in [9.17, 15) is 4.79 Å². The number of rotatable bonds is 2. The van der Waals surface area contributed by atoms with Crippen molar-refractivity contribution < 1.29 is 9.53 Å². The molecular weight excluding hydrogens is 310 g/mol. The molecule has 2 aromatic carbocycles. The van der Waals surface area contributed by atoms with Crippen LogP contribution in [-0.2, 0) is 16.6 Å². The first kappa shape index (κ1) is 17.5. The van der Waals surface area contributed by atoms with Crippen molar-refractivity contribution in [2.24, 2.45) is 11.1 Å². The van der Waals surface area contributed by atoms with E-state index >= 15 is 0 Å². The van der Waals surface area contributed by atoms with Gasteiger partial charge in [0.05, 0.1) is 0 Å². The quantitative estimate of drug-likeness (QED) is 0.801. The second-order valence-electron chi connectivity index (χ2n) is 8.72. The van der Waals surface area contributed by atoms with Crippen LogP contribution in [0.15, 0.2) is 42.5 Å². The van der Waals surface area contributed by atoms with Crippen molar-refractivity contribution in [3.63, 3.8) is 0 Å². The van der Waals surface area contributed by atoms with E-state index in [4.69, 9.17) is 10.5 Å².